The summed E-state index contributed by atoms with van der Waals surface area (Å²) in [5, 5.41) is 19.8. The van der Waals surface area contributed by atoms with Gasteiger partial charge >= 0.3 is 5.97 Å². The van der Waals surface area contributed by atoms with Gasteiger partial charge in [0.15, 0.2) is 6.61 Å². The highest BCUT2D eigenvalue weighted by Crippen LogP contribution is 2.66. The van der Waals surface area contributed by atoms with E-state index in [1.165, 1.54) is 18.4 Å². The lowest BCUT2D eigenvalue weighted by Crippen LogP contribution is -2.51. The Morgan fingerprint density at radius 3 is 2.63 bits per heavy atom. The molecular weight excluding hydrogens is 584 g/mol. The quantitative estimate of drug-likeness (QED) is 0.273. The summed E-state index contributed by atoms with van der Waals surface area (Å²) in [4.78, 5) is 57.6. The van der Waals surface area contributed by atoms with Crippen LogP contribution in [0.2, 0.25) is 0 Å². The first-order valence-corrected chi connectivity index (χ1v) is 16.7. The summed E-state index contributed by atoms with van der Waals surface area (Å²) in [5.74, 6) is 0.238. The number of carboxylic acids is 1. The van der Waals surface area contributed by atoms with Gasteiger partial charge in [0, 0.05) is 29.4 Å². The summed E-state index contributed by atoms with van der Waals surface area (Å²) in [6.07, 6.45) is 12.5. The van der Waals surface area contributed by atoms with E-state index in [4.69, 9.17) is 4.84 Å². The second-order valence-corrected chi connectivity index (χ2v) is 14.4. The number of hydrogen-bond donors (Lipinski definition) is 4. The molecule has 2 amide bonds. The Bertz CT molecular complexity index is 1590. The van der Waals surface area contributed by atoms with Crippen LogP contribution in [0.15, 0.2) is 47.3 Å². The number of fused-ring (bicyclic) bond motifs is 6. The number of oxime groups is 1. The number of nitrogens with zero attached hydrogens (tertiary/aromatic N) is 1. The van der Waals surface area contributed by atoms with E-state index in [-0.39, 0.29) is 36.3 Å². The van der Waals surface area contributed by atoms with E-state index in [1.807, 2.05) is 24.3 Å². The van der Waals surface area contributed by atoms with Crippen molar-refractivity contribution >= 4 is 40.2 Å². The summed E-state index contributed by atoms with van der Waals surface area (Å²) < 4.78 is 0. The molecule has 46 heavy (non-hydrogen) atoms. The number of carbonyl (C=O) groups is 4. The third kappa shape index (κ3) is 5.98. The molecule has 7 atom stereocenters. The van der Waals surface area contributed by atoms with Gasteiger partial charge in [-0.3, -0.25) is 14.4 Å². The van der Waals surface area contributed by atoms with Crippen molar-refractivity contribution in [1.82, 2.24) is 15.6 Å². The van der Waals surface area contributed by atoms with E-state index in [9.17, 15) is 24.3 Å². The molecule has 2 aromatic rings. The van der Waals surface area contributed by atoms with Gasteiger partial charge in [-0.1, -0.05) is 42.8 Å². The number of hydrogen-bond acceptors (Lipinski definition) is 6. The van der Waals surface area contributed by atoms with Gasteiger partial charge in [-0.15, -0.1) is 0 Å². The molecule has 0 bridgehead atoms. The number of benzene rings is 1. The zero-order valence-corrected chi connectivity index (χ0v) is 27.1. The molecule has 1 aromatic heterocycles. The second kappa shape index (κ2) is 12.7. The summed E-state index contributed by atoms with van der Waals surface area (Å²) >= 11 is 0. The highest BCUT2D eigenvalue weighted by molar-refractivity contribution is 5.96. The fourth-order valence-corrected chi connectivity index (χ4v) is 9.68. The fourth-order valence-electron chi connectivity index (χ4n) is 9.68. The second-order valence-electron chi connectivity index (χ2n) is 14.4. The number of aliphatic carboxylic acids is 1. The van der Waals surface area contributed by atoms with Crippen LogP contribution >= 0.6 is 0 Å². The number of para-hydroxylation sites is 1. The van der Waals surface area contributed by atoms with Crippen molar-refractivity contribution in [3.05, 3.63) is 47.7 Å². The summed E-state index contributed by atoms with van der Waals surface area (Å²) in [6.45, 7) is 5.88. The number of rotatable bonds is 10. The zero-order valence-electron chi connectivity index (χ0n) is 27.1. The number of carbonyl (C=O) groups excluding carboxylic acids is 3. The first-order chi connectivity index (χ1) is 22.0. The van der Waals surface area contributed by atoms with E-state index >= 15 is 0 Å². The number of aromatic nitrogens is 1. The minimum Gasteiger partial charge on any atom is -0.480 e. The van der Waals surface area contributed by atoms with Crippen molar-refractivity contribution in [2.45, 2.75) is 84.6 Å². The number of Topliss-reactive ketones (excluding diaryl/α,β-unsaturated/α-hetero) is 1. The van der Waals surface area contributed by atoms with Crippen LogP contribution in [0.25, 0.3) is 10.9 Å². The third-order valence-corrected chi connectivity index (χ3v) is 12.0. The van der Waals surface area contributed by atoms with Crippen LogP contribution in [0.4, 0.5) is 0 Å². The van der Waals surface area contributed by atoms with Gasteiger partial charge in [-0.25, -0.2) is 4.79 Å². The SMILES string of the molecule is CC(=O)[C@@H]1CC[C@@H]2[C@@H]3CCC4=C/C(=N/OCC(=O)NCC(=O)N[C@H](Cc5c[nH]c6ccccc56)C(=O)O)CC[C@]4(C)[C@@H]3CC[C@@]21C. The number of nitrogens with one attached hydrogen (secondary N) is 3. The molecule has 0 spiro atoms. The number of carboxylic acid groups (broad SMARTS) is 1. The summed E-state index contributed by atoms with van der Waals surface area (Å²) in [6, 6.07) is 6.41. The molecule has 1 aromatic carbocycles. The Kier molecular flexibility index (Phi) is 8.83. The van der Waals surface area contributed by atoms with Gasteiger partial charge in [-0.2, -0.15) is 0 Å². The molecule has 3 fully saturated rings. The lowest BCUT2D eigenvalue weighted by molar-refractivity contribution is -0.141. The van der Waals surface area contributed by atoms with Crippen LogP contribution in [0.3, 0.4) is 0 Å². The largest absolute Gasteiger partial charge is 0.480 e. The molecule has 10 nitrogen and oxygen atoms in total. The molecule has 1 heterocycles. The van der Waals surface area contributed by atoms with Crippen molar-refractivity contribution in [2.24, 2.45) is 39.7 Å². The van der Waals surface area contributed by atoms with Gasteiger partial charge in [0.2, 0.25) is 5.91 Å². The fraction of sp³-hybridized carbons (Fsp3) is 0.583. The number of H-pyrrole nitrogens is 1. The van der Waals surface area contributed by atoms with E-state index < -0.39 is 23.8 Å². The number of allylic oxidation sites excluding steroid dienone is 2. The Morgan fingerprint density at radius 1 is 1.04 bits per heavy atom. The highest BCUT2D eigenvalue weighted by atomic mass is 16.6. The van der Waals surface area contributed by atoms with E-state index in [2.05, 4.69) is 40.7 Å². The maximum Gasteiger partial charge on any atom is 0.326 e. The summed E-state index contributed by atoms with van der Waals surface area (Å²) in [7, 11) is 0. The minimum atomic E-state index is -1.16. The van der Waals surface area contributed by atoms with Crippen LogP contribution in [0, 0.1) is 34.5 Å². The van der Waals surface area contributed by atoms with Crippen LogP contribution in [0.5, 0.6) is 0 Å². The molecule has 6 rings (SSSR count). The molecule has 0 aliphatic heterocycles. The Labute approximate surface area is 269 Å². The van der Waals surface area contributed by atoms with Crippen LogP contribution < -0.4 is 10.6 Å². The van der Waals surface area contributed by atoms with Gasteiger partial charge < -0.3 is 25.6 Å². The van der Waals surface area contributed by atoms with Crippen molar-refractivity contribution in [3.8, 4) is 0 Å². The number of amides is 2. The molecule has 4 aliphatic rings. The average Bonchev–Trinajstić information content (AvgIpc) is 3.60. The molecule has 10 heteroatoms. The van der Waals surface area contributed by atoms with Gasteiger partial charge in [0.25, 0.3) is 5.91 Å². The van der Waals surface area contributed by atoms with E-state index in [1.54, 1.807) is 13.1 Å². The molecule has 4 N–H and O–H groups in total. The average molecular weight is 631 g/mol. The molecule has 0 radical (unpaired) electrons. The van der Waals surface area contributed by atoms with E-state index in [0.29, 0.717) is 23.5 Å². The topological polar surface area (TPSA) is 150 Å². The van der Waals surface area contributed by atoms with Crippen molar-refractivity contribution in [2.75, 3.05) is 13.2 Å². The van der Waals surface area contributed by atoms with Crippen molar-refractivity contribution in [3.63, 3.8) is 0 Å². The Morgan fingerprint density at radius 2 is 1.85 bits per heavy atom. The molecular formula is C36H46N4O6. The lowest BCUT2D eigenvalue weighted by atomic mass is 9.46. The summed E-state index contributed by atoms with van der Waals surface area (Å²) in [5.41, 5.74) is 4.20. The van der Waals surface area contributed by atoms with Gasteiger partial charge in [0.1, 0.15) is 11.8 Å². The Hall–Kier alpha value is -3.95. The van der Waals surface area contributed by atoms with Crippen molar-refractivity contribution in [1.29, 1.82) is 0 Å². The minimum absolute atomic E-state index is 0.107. The standard InChI is InChI=1S/C36H46N4O6/c1-21(41)27-10-11-28-26-9-8-23-17-24(12-14-35(23,2)29(26)13-15-36(27,28)3)40-46-20-33(43)38-19-32(42)39-31(34(44)45)16-22-18-37-30-7-5-4-6-25(22)30/h4-7,17-18,26-29,31,37H,8-16,19-20H2,1-3H3,(H,38,43)(H,39,42)(H,44,45)/b40-24+/t26-,27-,28+,29+,31+,35-,36+/m0/s1. The predicted octanol–water partition coefficient (Wildman–Crippen LogP) is 4.94. The van der Waals surface area contributed by atoms with Gasteiger partial charge in [-0.05, 0) is 105 Å². The first kappa shape index (κ1) is 32.0. The predicted molar refractivity (Wildman–Crippen MR) is 174 cm³/mol. The van der Waals surface area contributed by atoms with Crippen LogP contribution in [0.1, 0.15) is 77.7 Å². The number of aromatic amines is 1. The smallest absolute Gasteiger partial charge is 0.326 e. The van der Waals surface area contributed by atoms with Crippen molar-refractivity contribution < 1.29 is 29.1 Å². The van der Waals surface area contributed by atoms with Gasteiger partial charge in [0.05, 0.1) is 12.3 Å². The van der Waals surface area contributed by atoms with Crippen LogP contribution in [-0.4, -0.2) is 58.6 Å². The Balaban J connectivity index is 0.983. The first-order valence-electron chi connectivity index (χ1n) is 16.7. The molecule has 4 aliphatic carbocycles. The van der Waals surface area contributed by atoms with E-state index in [0.717, 1.165) is 60.7 Å². The maximum absolute atomic E-state index is 12.5. The van der Waals surface area contributed by atoms with Crippen LogP contribution in [-0.2, 0) is 30.4 Å². The third-order valence-electron chi connectivity index (χ3n) is 12.0. The zero-order chi connectivity index (χ0) is 32.6. The highest BCUT2D eigenvalue weighted by Gasteiger charge is 2.59. The molecule has 0 saturated heterocycles. The molecule has 0 unspecified atom stereocenters. The lowest BCUT2D eigenvalue weighted by Gasteiger charge is -2.58. The monoisotopic (exact) mass is 630 g/mol. The molecule has 246 valence electrons. The maximum atomic E-state index is 12.5. The molecule has 3 saturated carbocycles. The normalized spacial score (nSPS) is 31.6. The number of ketones is 1.